The summed E-state index contributed by atoms with van der Waals surface area (Å²) in [6.45, 7) is 0.132. The van der Waals surface area contributed by atoms with Crippen LogP contribution in [0, 0.1) is 5.82 Å². The van der Waals surface area contributed by atoms with Crippen molar-refractivity contribution in [2.75, 3.05) is 13.7 Å². The Bertz CT molecular complexity index is 647. The van der Waals surface area contributed by atoms with Crippen molar-refractivity contribution < 1.29 is 19.0 Å². The summed E-state index contributed by atoms with van der Waals surface area (Å²) >= 11 is 0. The minimum absolute atomic E-state index is 0.0510. The van der Waals surface area contributed by atoms with E-state index in [9.17, 15) is 14.3 Å². The third-order valence-electron chi connectivity index (χ3n) is 3.35. The smallest absolute Gasteiger partial charge is 0.315 e. The summed E-state index contributed by atoms with van der Waals surface area (Å²) in [4.78, 5) is 11.7. The van der Waals surface area contributed by atoms with E-state index in [1.807, 2.05) is 0 Å². The number of halogens is 1. The number of methoxy groups -OCH3 is 1. The van der Waals surface area contributed by atoms with Gasteiger partial charge < -0.3 is 20.5 Å². The molecule has 0 radical (unpaired) electrons. The number of hydrogen-bond acceptors (Lipinski definition) is 3. The van der Waals surface area contributed by atoms with Gasteiger partial charge in [-0.05, 0) is 23.8 Å². The van der Waals surface area contributed by atoms with Gasteiger partial charge in [-0.25, -0.2) is 9.18 Å². The highest BCUT2D eigenvalue weighted by Gasteiger charge is 2.10. The minimum Gasteiger partial charge on any atom is -0.497 e. The number of aliphatic hydroxyl groups is 1. The van der Waals surface area contributed by atoms with E-state index in [0.717, 1.165) is 0 Å². The lowest BCUT2D eigenvalue weighted by Crippen LogP contribution is -2.37. The Labute approximate surface area is 134 Å². The van der Waals surface area contributed by atoms with E-state index < -0.39 is 12.1 Å². The molecule has 0 fully saturated rings. The largest absolute Gasteiger partial charge is 0.497 e. The molecule has 0 spiro atoms. The van der Waals surface area contributed by atoms with E-state index in [1.54, 1.807) is 49.6 Å². The van der Waals surface area contributed by atoms with E-state index in [1.165, 1.54) is 6.07 Å². The molecule has 0 aliphatic carbocycles. The van der Waals surface area contributed by atoms with Gasteiger partial charge in [0.1, 0.15) is 11.6 Å². The molecule has 2 aromatic carbocycles. The van der Waals surface area contributed by atoms with Crippen LogP contribution in [0.15, 0.2) is 48.5 Å². The van der Waals surface area contributed by atoms with E-state index >= 15 is 0 Å². The van der Waals surface area contributed by atoms with Gasteiger partial charge in [0.05, 0.1) is 13.2 Å². The number of aliphatic hydroxyl groups excluding tert-OH is 1. The Morgan fingerprint density at radius 1 is 1.17 bits per heavy atom. The molecule has 23 heavy (non-hydrogen) atoms. The average molecular weight is 318 g/mol. The first kappa shape index (κ1) is 16.8. The molecular weight excluding hydrogens is 299 g/mol. The summed E-state index contributed by atoms with van der Waals surface area (Å²) in [5.74, 6) is 0.322. The van der Waals surface area contributed by atoms with Gasteiger partial charge in [0.25, 0.3) is 0 Å². The van der Waals surface area contributed by atoms with Gasteiger partial charge >= 0.3 is 6.03 Å². The van der Waals surface area contributed by atoms with Crippen LogP contribution in [0.4, 0.5) is 9.18 Å². The summed E-state index contributed by atoms with van der Waals surface area (Å²) < 4.78 is 18.5. The SMILES string of the molecule is COc1ccc(C(O)CNC(=O)NCc2ccccc2F)cc1. The van der Waals surface area contributed by atoms with E-state index in [-0.39, 0.29) is 18.9 Å². The second-order valence-electron chi connectivity index (χ2n) is 4.94. The molecule has 0 heterocycles. The van der Waals surface area contributed by atoms with E-state index in [2.05, 4.69) is 10.6 Å². The second kappa shape index (κ2) is 8.14. The Balaban J connectivity index is 1.78. The molecule has 0 aliphatic heterocycles. The molecule has 0 bridgehead atoms. The van der Waals surface area contributed by atoms with Gasteiger partial charge in [-0.1, -0.05) is 30.3 Å². The maximum Gasteiger partial charge on any atom is 0.315 e. The van der Waals surface area contributed by atoms with Gasteiger partial charge in [0.15, 0.2) is 0 Å². The van der Waals surface area contributed by atoms with Crippen molar-refractivity contribution >= 4 is 6.03 Å². The summed E-state index contributed by atoms with van der Waals surface area (Å²) in [6.07, 6.45) is -0.833. The van der Waals surface area contributed by atoms with Gasteiger partial charge in [0, 0.05) is 18.7 Å². The predicted molar refractivity (Wildman–Crippen MR) is 84.6 cm³/mol. The average Bonchev–Trinajstić information content (AvgIpc) is 2.59. The zero-order valence-electron chi connectivity index (χ0n) is 12.8. The van der Waals surface area contributed by atoms with Crippen LogP contribution in [0.1, 0.15) is 17.2 Å². The van der Waals surface area contributed by atoms with Crippen LogP contribution < -0.4 is 15.4 Å². The molecule has 1 unspecified atom stereocenters. The lowest BCUT2D eigenvalue weighted by Gasteiger charge is -2.13. The summed E-state index contributed by atoms with van der Waals surface area (Å²) in [7, 11) is 1.56. The zero-order chi connectivity index (χ0) is 16.7. The quantitative estimate of drug-likeness (QED) is 0.766. The number of amides is 2. The summed E-state index contributed by atoms with van der Waals surface area (Å²) in [5.41, 5.74) is 1.07. The molecule has 122 valence electrons. The normalized spacial score (nSPS) is 11.6. The molecule has 0 aromatic heterocycles. The molecule has 2 amide bonds. The first-order chi connectivity index (χ1) is 11.1. The standard InChI is InChI=1S/C17H19FN2O3/c1-23-14-8-6-12(7-9-14)16(21)11-20-17(22)19-10-13-4-2-3-5-15(13)18/h2-9,16,21H,10-11H2,1H3,(H2,19,20,22). The second-order valence-corrected chi connectivity index (χ2v) is 4.94. The lowest BCUT2D eigenvalue weighted by atomic mass is 10.1. The van der Waals surface area contributed by atoms with Crippen molar-refractivity contribution in [1.29, 1.82) is 0 Å². The maximum absolute atomic E-state index is 13.4. The number of carbonyl (C=O) groups excluding carboxylic acids is 1. The third kappa shape index (κ3) is 4.96. The van der Waals surface area contributed by atoms with E-state index in [4.69, 9.17) is 4.74 Å². The van der Waals surface area contributed by atoms with Crippen LogP contribution in [0.5, 0.6) is 5.75 Å². The highest BCUT2D eigenvalue weighted by Crippen LogP contribution is 2.16. The number of urea groups is 1. The number of benzene rings is 2. The van der Waals surface area contributed by atoms with Crippen molar-refractivity contribution in [1.82, 2.24) is 10.6 Å². The Morgan fingerprint density at radius 2 is 1.87 bits per heavy atom. The van der Waals surface area contributed by atoms with Crippen molar-refractivity contribution in [2.45, 2.75) is 12.6 Å². The summed E-state index contributed by atoms with van der Waals surface area (Å²) in [6, 6.07) is 12.7. The molecule has 0 saturated heterocycles. The van der Waals surface area contributed by atoms with Crippen molar-refractivity contribution in [3.8, 4) is 5.75 Å². The number of rotatable bonds is 6. The molecule has 2 rings (SSSR count). The van der Waals surface area contributed by atoms with Gasteiger partial charge in [0.2, 0.25) is 0 Å². The molecule has 5 nitrogen and oxygen atoms in total. The van der Waals surface area contributed by atoms with Crippen LogP contribution in [0.2, 0.25) is 0 Å². The number of nitrogens with one attached hydrogen (secondary N) is 2. The van der Waals surface area contributed by atoms with Gasteiger partial charge in [-0.3, -0.25) is 0 Å². The maximum atomic E-state index is 13.4. The fourth-order valence-corrected chi connectivity index (χ4v) is 2.01. The number of carbonyl (C=O) groups is 1. The molecule has 1 atom stereocenters. The Morgan fingerprint density at radius 3 is 2.52 bits per heavy atom. The highest BCUT2D eigenvalue weighted by atomic mass is 19.1. The molecule has 3 N–H and O–H groups in total. The predicted octanol–water partition coefficient (Wildman–Crippen LogP) is 2.37. The Kier molecular flexibility index (Phi) is 5.94. The Hall–Kier alpha value is -2.60. The van der Waals surface area contributed by atoms with Crippen molar-refractivity contribution in [3.63, 3.8) is 0 Å². The number of hydrogen-bond donors (Lipinski definition) is 3. The molecule has 0 saturated carbocycles. The zero-order valence-corrected chi connectivity index (χ0v) is 12.8. The molecule has 6 heteroatoms. The number of ether oxygens (including phenoxy) is 1. The summed E-state index contributed by atoms with van der Waals surface area (Å²) in [5, 5.41) is 15.1. The highest BCUT2D eigenvalue weighted by molar-refractivity contribution is 5.73. The fourth-order valence-electron chi connectivity index (χ4n) is 2.01. The van der Waals surface area contributed by atoms with Gasteiger partial charge in [-0.2, -0.15) is 0 Å². The first-order valence-corrected chi connectivity index (χ1v) is 7.17. The van der Waals surface area contributed by atoms with Gasteiger partial charge in [-0.15, -0.1) is 0 Å². The van der Waals surface area contributed by atoms with Crippen molar-refractivity contribution in [2.24, 2.45) is 0 Å². The molecule has 2 aromatic rings. The van der Waals surface area contributed by atoms with Crippen LogP contribution in [0.25, 0.3) is 0 Å². The van der Waals surface area contributed by atoms with Crippen LogP contribution >= 0.6 is 0 Å². The first-order valence-electron chi connectivity index (χ1n) is 7.17. The van der Waals surface area contributed by atoms with Crippen LogP contribution in [-0.2, 0) is 6.54 Å². The van der Waals surface area contributed by atoms with E-state index in [0.29, 0.717) is 16.9 Å². The monoisotopic (exact) mass is 318 g/mol. The minimum atomic E-state index is -0.833. The third-order valence-corrected chi connectivity index (χ3v) is 3.35. The lowest BCUT2D eigenvalue weighted by molar-refractivity contribution is 0.173. The van der Waals surface area contributed by atoms with Crippen molar-refractivity contribution in [3.05, 3.63) is 65.5 Å². The topological polar surface area (TPSA) is 70.6 Å². The van der Waals surface area contributed by atoms with Crippen LogP contribution in [0.3, 0.4) is 0 Å². The fraction of sp³-hybridized carbons (Fsp3) is 0.235. The molecule has 0 aliphatic rings. The molecular formula is C17H19FN2O3. The van der Waals surface area contributed by atoms with Crippen LogP contribution in [-0.4, -0.2) is 24.8 Å².